The van der Waals surface area contributed by atoms with Crippen LogP contribution in [0.4, 0.5) is 11.4 Å². The van der Waals surface area contributed by atoms with Gasteiger partial charge >= 0.3 is 11.8 Å². The number of hydrogen-bond donors (Lipinski definition) is 1. The molecule has 1 fully saturated rings. The summed E-state index contributed by atoms with van der Waals surface area (Å²) in [5.41, 5.74) is 0.970. The normalized spacial score (nSPS) is 20.8. The first-order valence-electron chi connectivity index (χ1n) is 12.3. The number of nitrogens with zero attached hydrogens (tertiary/aromatic N) is 4. The van der Waals surface area contributed by atoms with E-state index in [-0.39, 0.29) is 24.8 Å². The Hall–Kier alpha value is -4.19. The van der Waals surface area contributed by atoms with Crippen LogP contribution >= 0.6 is 0 Å². The van der Waals surface area contributed by atoms with Crippen molar-refractivity contribution in [1.29, 1.82) is 5.26 Å². The summed E-state index contributed by atoms with van der Waals surface area (Å²) in [7, 11) is 2.95. The number of fused-ring (bicyclic) bond motifs is 2. The molecule has 0 bridgehead atoms. The van der Waals surface area contributed by atoms with Crippen molar-refractivity contribution in [1.82, 2.24) is 9.80 Å². The number of likely N-dealkylation sites (tertiary alicyclic amines) is 1. The zero-order valence-electron chi connectivity index (χ0n) is 21.5. The zero-order chi connectivity index (χ0) is 26.9. The van der Waals surface area contributed by atoms with Crippen molar-refractivity contribution in [2.45, 2.75) is 44.2 Å². The van der Waals surface area contributed by atoms with Crippen LogP contribution in [0.2, 0.25) is 0 Å². The molecule has 4 amide bonds. The van der Waals surface area contributed by atoms with Gasteiger partial charge in [0.25, 0.3) is 0 Å². The van der Waals surface area contributed by atoms with Crippen LogP contribution in [0.15, 0.2) is 54.6 Å². The molecule has 37 heavy (non-hydrogen) atoms. The number of likely N-dealkylation sites (N-methyl/N-ethyl adjacent to an activating group) is 2. The largest absolute Gasteiger partial charge is 0.325 e. The van der Waals surface area contributed by atoms with Gasteiger partial charge in [0.15, 0.2) is 0 Å². The first kappa shape index (κ1) is 25.9. The molecule has 9 nitrogen and oxygen atoms in total. The van der Waals surface area contributed by atoms with Crippen LogP contribution in [0.1, 0.15) is 32.3 Å². The van der Waals surface area contributed by atoms with Gasteiger partial charge in [-0.05, 0) is 36.1 Å². The lowest BCUT2D eigenvalue weighted by atomic mass is 9.80. The molecule has 1 spiro atoms. The Morgan fingerprint density at radius 1 is 1.08 bits per heavy atom. The van der Waals surface area contributed by atoms with E-state index in [1.165, 1.54) is 28.8 Å². The number of rotatable bonds is 5. The zero-order valence-corrected chi connectivity index (χ0v) is 21.5. The van der Waals surface area contributed by atoms with Crippen molar-refractivity contribution in [2.75, 3.05) is 30.9 Å². The molecule has 2 heterocycles. The number of anilines is 2. The van der Waals surface area contributed by atoms with Crippen molar-refractivity contribution in [2.24, 2.45) is 5.92 Å². The number of hydrogen-bond acceptors (Lipinski definition) is 5. The van der Waals surface area contributed by atoms with E-state index >= 15 is 0 Å². The summed E-state index contributed by atoms with van der Waals surface area (Å²) in [4.78, 5) is 57.1. The Bertz CT molecular complexity index is 1270. The molecule has 2 aliphatic heterocycles. The van der Waals surface area contributed by atoms with Gasteiger partial charge in [-0.25, -0.2) is 0 Å². The average Bonchev–Trinajstić information content (AvgIpc) is 3.43. The van der Waals surface area contributed by atoms with E-state index in [1.807, 2.05) is 38.1 Å². The molecule has 4 rings (SSSR count). The van der Waals surface area contributed by atoms with Crippen molar-refractivity contribution in [3.63, 3.8) is 0 Å². The fraction of sp³-hybridized carbons (Fsp3) is 0.393. The summed E-state index contributed by atoms with van der Waals surface area (Å²) in [5, 5.41) is 12.8. The van der Waals surface area contributed by atoms with Crippen LogP contribution in [0.3, 0.4) is 0 Å². The van der Waals surface area contributed by atoms with E-state index in [1.54, 1.807) is 30.3 Å². The van der Waals surface area contributed by atoms with Crippen molar-refractivity contribution in [3.8, 4) is 6.07 Å². The van der Waals surface area contributed by atoms with Crippen LogP contribution in [0.25, 0.3) is 0 Å². The Balaban J connectivity index is 1.61. The van der Waals surface area contributed by atoms with E-state index in [4.69, 9.17) is 0 Å². The Morgan fingerprint density at radius 2 is 1.73 bits per heavy atom. The van der Waals surface area contributed by atoms with E-state index < -0.39 is 35.2 Å². The lowest BCUT2D eigenvalue weighted by molar-refractivity contribution is -0.150. The first-order valence-corrected chi connectivity index (χ1v) is 12.3. The third kappa shape index (κ3) is 4.55. The van der Waals surface area contributed by atoms with Gasteiger partial charge in [0.05, 0.1) is 11.5 Å². The molecule has 9 heteroatoms. The predicted molar refractivity (Wildman–Crippen MR) is 138 cm³/mol. The molecule has 0 unspecified atom stereocenters. The highest BCUT2D eigenvalue weighted by Crippen LogP contribution is 2.46. The van der Waals surface area contributed by atoms with Crippen LogP contribution < -0.4 is 10.2 Å². The maximum atomic E-state index is 13.9. The first-order chi connectivity index (χ1) is 17.6. The van der Waals surface area contributed by atoms with E-state index in [2.05, 4.69) is 11.4 Å². The van der Waals surface area contributed by atoms with Crippen LogP contribution in [0.5, 0.6) is 0 Å². The van der Waals surface area contributed by atoms with Crippen molar-refractivity contribution in [3.05, 3.63) is 60.2 Å². The van der Waals surface area contributed by atoms with Gasteiger partial charge < -0.3 is 20.0 Å². The van der Waals surface area contributed by atoms with Gasteiger partial charge in [-0.1, -0.05) is 50.2 Å². The maximum absolute atomic E-state index is 13.9. The lowest BCUT2D eigenvalue weighted by Crippen LogP contribution is -2.54. The second kappa shape index (κ2) is 10.1. The Kier molecular flexibility index (Phi) is 7.03. The fourth-order valence-corrected chi connectivity index (χ4v) is 5.25. The minimum atomic E-state index is -1.03. The number of carbonyl (C=O) groups excluding carboxylic acids is 4. The maximum Gasteiger partial charge on any atom is 0.316 e. The van der Waals surface area contributed by atoms with Gasteiger partial charge in [0.1, 0.15) is 12.1 Å². The molecule has 192 valence electrons. The van der Waals surface area contributed by atoms with E-state index in [0.717, 1.165) is 5.56 Å². The van der Waals surface area contributed by atoms with Gasteiger partial charge in [-0.3, -0.25) is 19.2 Å². The summed E-state index contributed by atoms with van der Waals surface area (Å²) in [6.45, 7) is 3.87. The van der Waals surface area contributed by atoms with Crippen LogP contribution in [-0.4, -0.2) is 66.2 Å². The molecule has 2 aromatic rings. The highest BCUT2D eigenvalue weighted by atomic mass is 16.2. The minimum Gasteiger partial charge on any atom is -0.325 e. The smallest absolute Gasteiger partial charge is 0.316 e. The van der Waals surface area contributed by atoms with Gasteiger partial charge in [-0.2, -0.15) is 5.26 Å². The number of nitrogens with one attached hydrogen (secondary N) is 1. The summed E-state index contributed by atoms with van der Waals surface area (Å²) in [5.74, 6) is -2.25. The fourth-order valence-electron chi connectivity index (χ4n) is 5.25. The molecule has 1 N–H and O–H groups in total. The SMILES string of the molecule is CC(C)C[C@@H](C(=O)N1C[C@]2(C[C@H]1C#N)C(=O)Nc1ccccc12)N(C)C(=O)C(=O)N(C)c1ccccc1. The highest BCUT2D eigenvalue weighted by Gasteiger charge is 2.56. The molecule has 2 aromatic carbocycles. The van der Waals surface area contributed by atoms with Crippen molar-refractivity contribution >= 4 is 35.0 Å². The Labute approximate surface area is 216 Å². The molecule has 0 aromatic heterocycles. The summed E-state index contributed by atoms with van der Waals surface area (Å²) in [6, 6.07) is 16.4. The van der Waals surface area contributed by atoms with Gasteiger partial charge in [0.2, 0.25) is 11.8 Å². The van der Waals surface area contributed by atoms with E-state index in [9.17, 15) is 24.4 Å². The van der Waals surface area contributed by atoms with Gasteiger partial charge in [0, 0.05) is 38.4 Å². The standard InChI is InChI=1S/C28H31N5O4/c1-18(2)14-23(32(4)26(36)25(35)31(3)19-10-6-5-7-11-19)24(34)33-17-28(15-20(33)16-29)21-12-8-9-13-22(21)30-27(28)37/h5-13,18,20,23H,14-15,17H2,1-4H3,(H,30,37)/t20-,23-,28-/m0/s1. The number of nitriles is 1. The molecule has 1 saturated heterocycles. The molecular formula is C28H31N5O4. The highest BCUT2D eigenvalue weighted by molar-refractivity contribution is 6.40. The van der Waals surface area contributed by atoms with Crippen molar-refractivity contribution < 1.29 is 19.2 Å². The van der Waals surface area contributed by atoms with Crippen LogP contribution in [-0.2, 0) is 24.6 Å². The second-order valence-corrected chi connectivity index (χ2v) is 10.2. The summed E-state index contributed by atoms with van der Waals surface area (Å²) in [6.07, 6.45) is 0.466. The summed E-state index contributed by atoms with van der Waals surface area (Å²) >= 11 is 0. The molecule has 2 aliphatic rings. The quantitative estimate of drug-likeness (QED) is 0.633. The predicted octanol–water partition coefficient (Wildman–Crippen LogP) is 2.54. The number of amides is 4. The third-order valence-electron chi connectivity index (χ3n) is 7.31. The topological polar surface area (TPSA) is 114 Å². The Morgan fingerprint density at radius 3 is 2.38 bits per heavy atom. The van der Waals surface area contributed by atoms with Crippen LogP contribution in [0, 0.1) is 17.2 Å². The third-order valence-corrected chi connectivity index (χ3v) is 7.31. The minimum absolute atomic E-state index is 0.0266. The molecule has 3 atom stereocenters. The number of carbonyl (C=O) groups is 4. The summed E-state index contributed by atoms with van der Waals surface area (Å²) < 4.78 is 0. The molecule has 0 radical (unpaired) electrons. The van der Waals surface area contributed by atoms with Gasteiger partial charge in [-0.15, -0.1) is 0 Å². The lowest BCUT2D eigenvalue weighted by Gasteiger charge is -2.33. The molecule has 0 aliphatic carbocycles. The second-order valence-electron chi connectivity index (χ2n) is 10.2. The van der Waals surface area contributed by atoms with E-state index in [0.29, 0.717) is 17.8 Å². The average molecular weight is 502 g/mol. The monoisotopic (exact) mass is 501 g/mol. The molecular weight excluding hydrogens is 470 g/mol. The number of benzene rings is 2. The molecule has 0 saturated carbocycles. The number of para-hydroxylation sites is 2.